The Morgan fingerprint density at radius 2 is 1.21 bits per heavy atom. The number of carboxylic acids is 2. The van der Waals surface area contributed by atoms with Crippen molar-refractivity contribution in [2.24, 2.45) is 0 Å². The summed E-state index contributed by atoms with van der Waals surface area (Å²) in [6.07, 6.45) is 0. The normalized spacial score (nSPS) is 9.89. The second kappa shape index (κ2) is 5.22. The summed E-state index contributed by atoms with van der Waals surface area (Å²) in [5, 5.41) is 17.7. The summed E-state index contributed by atoms with van der Waals surface area (Å²) >= 11 is 0. The van der Waals surface area contributed by atoms with Gasteiger partial charge in [0, 0.05) is 0 Å². The van der Waals surface area contributed by atoms with Crippen molar-refractivity contribution < 1.29 is 24.5 Å². The monoisotopic (exact) mass is 258 g/mol. The van der Waals surface area contributed by atoms with Gasteiger partial charge in [-0.3, -0.25) is 0 Å². The van der Waals surface area contributed by atoms with E-state index in [0.717, 1.165) is 0 Å². The quantitative estimate of drug-likeness (QED) is 0.880. The third kappa shape index (κ3) is 3.10. The van der Waals surface area contributed by atoms with Gasteiger partial charge in [0.2, 0.25) is 0 Å². The minimum absolute atomic E-state index is 0.104. The lowest BCUT2D eigenvalue weighted by Gasteiger charge is -2.06. The summed E-state index contributed by atoms with van der Waals surface area (Å²) in [4.78, 5) is 21.6. The summed E-state index contributed by atoms with van der Waals surface area (Å²) in [7, 11) is 0. The van der Waals surface area contributed by atoms with Gasteiger partial charge in [-0.1, -0.05) is 12.1 Å². The maximum Gasteiger partial charge on any atom is 0.335 e. The second-order valence-electron chi connectivity index (χ2n) is 3.77. The largest absolute Gasteiger partial charge is 0.478 e. The fourth-order valence-electron chi connectivity index (χ4n) is 1.52. The molecule has 2 N–H and O–H groups in total. The van der Waals surface area contributed by atoms with Crippen LogP contribution < -0.4 is 4.74 Å². The average molecular weight is 258 g/mol. The molecule has 96 valence electrons. The predicted molar refractivity (Wildman–Crippen MR) is 66.9 cm³/mol. The molecule has 0 amide bonds. The first-order valence-corrected chi connectivity index (χ1v) is 5.41. The summed E-state index contributed by atoms with van der Waals surface area (Å²) in [6.45, 7) is 0. The van der Waals surface area contributed by atoms with Crippen molar-refractivity contribution >= 4 is 11.9 Å². The number of benzene rings is 2. The van der Waals surface area contributed by atoms with E-state index >= 15 is 0 Å². The maximum atomic E-state index is 10.8. The average Bonchev–Trinajstić information content (AvgIpc) is 2.39. The number of rotatable bonds is 4. The molecule has 0 saturated heterocycles. The Bertz CT molecular complexity index is 578. The molecule has 0 bridgehead atoms. The van der Waals surface area contributed by atoms with Gasteiger partial charge in [0.1, 0.15) is 11.5 Å². The summed E-state index contributed by atoms with van der Waals surface area (Å²) in [5.74, 6) is -1.43. The SMILES string of the molecule is O=C(O)c1cccc(Oc2cccc(C(=O)O)c2)c1. The van der Waals surface area contributed by atoms with E-state index in [-0.39, 0.29) is 11.1 Å². The van der Waals surface area contributed by atoms with Gasteiger partial charge >= 0.3 is 11.9 Å². The first kappa shape index (κ1) is 12.6. The molecule has 2 rings (SSSR count). The van der Waals surface area contributed by atoms with Crippen molar-refractivity contribution in [2.45, 2.75) is 0 Å². The van der Waals surface area contributed by atoms with Crippen LogP contribution in [0.2, 0.25) is 0 Å². The fraction of sp³-hybridized carbons (Fsp3) is 0. The van der Waals surface area contributed by atoms with Gasteiger partial charge in [0.05, 0.1) is 11.1 Å². The minimum atomic E-state index is -1.05. The highest BCUT2D eigenvalue weighted by Crippen LogP contribution is 2.23. The zero-order chi connectivity index (χ0) is 13.8. The number of ether oxygens (including phenoxy) is 1. The standard InChI is InChI=1S/C14H10O5/c15-13(16)9-3-1-5-11(7-9)19-12-6-2-4-10(8-12)14(17)18/h1-8H,(H,15,16)(H,17,18). The van der Waals surface area contributed by atoms with Gasteiger partial charge in [-0.05, 0) is 36.4 Å². The molecule has 2 aromatic rings. The molecule has 0 unspecified atom stereocenters. The Morgan fingerprint density at radius 3 is 1.58 bits per heavy atom. The molecular formula is C14H10O5. The topological polar surface area (TPSA) is 83.8 Å². The molecule has 2 aromatic carbocycles. The van der Waals surface area contributed by atoms with E-state index in [1.807, 2.05) is 0 Å². The molecular weight excluding hydrogens is 248 g/mol. The summed E-state index contributed by atoms with van der Waals surface area (Å²) in [5.41, 5.74) is 0.207. The van der Waals surface area contributed by atoms with Crippen LogP contribution in [-0.4, -0.2) is 22.2 Å². The van der Waals surface area contributed by atoms with Crippen LogP contribution in [0, 0.1) is 0 Å². The lowest BCUT2D eigenvalue weighted by atomic mass is 10.2. The van der Waals surface area contributed by atoms with Crippen LogP contribution in [0.1, 0.15) is 20.7 Å². The van der Waals surface area contributed by atoms with Crippen molar-refractivity contribution in [1.82, 2.24) is 0 Å². The Balaban J connectivity index is 2.26. The molecule has 0 saturated carbocycles. The Labute approximate surface area is 108 Å². The number of aromatic carboxylic acids is 2. The molecule has 19 heavy (non-hydrogen) atoms. The highest BCUT2D eigenvalue weighted by atomic mass is 16.5. The van der Waals surface area contributed by atoms with E-state index < -0.39 is 11.9 Å². The van der Waals surface area contributed by atoms with E-state index in [1.54, 1.807) is 24.3 Å². The molecule has 0 radical (unpaired) electrons. The first-order chi connectivity index (χ1) is 9.06. The molecule has 0 aliphatic rings. The molecule has 0 spiro atoms. The molecule has 0 aliphatic carbocycles. The zero-order valence-corrected chi connectivity index (χ0v) is 9.74. The number of hydrogen-bond acceptors (Lipinski definition) is 3. The lowest BCUT2D eigenvalue weighted by Crippen LogP contribution is -1.97. The highest BCUT2D eigenvalue weighted by Gasteiger charge is 2.07. The highest BCUT2D eigenvalue weighted by molar-refractivity contribution is 5.88. The van der Waals surface area contributed by atoms with Crippen molar-refractivity contribution in [3.05, 3.63) is 59.7 Å². The Morgan fingerprint density at radius 1 is 0.789 bits per heavy atom. The molecule has 0 atom stereocenters. The molecule has 0 fully saturated rings. The number of carbonyl (C=O) groups is 2. The van der Waals surface area contributed by atoms with E-state index in [1.165, 1.54) is 24.3 Å². The van der Waals surface area contributed by atoms with Gasteiger partial charge in [-0.25, -0.2) is 9.59 Å². The molecule has 0 aromatic heterocycles. The summed E-state index contributed by atoms with van der Waals surface area (Å²) in [6, 6.07) is 11.9. The van der Waals surface area contributed by atoms with Crippen LogP contribution in [0.3, 0.4) is 0 Å². The smallest absolute Gasteiger partial charge is 0.335 e. The van der Waals surface area contributed by atoms with Crippen LogP contribution in [0.4, 0.5) is 0 Å². The molecule has 0 heterocycles. The fourth-order valence-corrected chi connectivity index (χ4v) is 1.52. The lowest BCUT2D eigenvalue weighted by molar-refractivity contribution is 0.0686. The van der Waals surface area contributed by atoms with E-state index in [2.05, 4.69) is 0 Å². The second-order valence-corrected chi connectivity index (χ2v) is 3.77. The maximum absolute atomic E-state index is 10.8. The number of hydrogen-bond donors (Lipinski definition) is 2. The van der Waals surface area contributed by atoms with E-state index in [4.69, 9.17) is 14.9 Å². The van der Waals surface area contributed by atoms with Crippen LogP contribution in [-0.2, 0) is 0 Å². The van der Waals surface area contributed by atoms with Gasteiger partial charge in [0.15, 0.2) is 0 Å². The Hall–Kier alpha value is -2.82. The van der Waals surface area contributed by atoms with Crippen molar-refractivity contribution in [3.63, 3.8) is 0 Å². The van der Waals surface area contributed by atoms with Crippen LogP contribution in [0.15, 0.2) is 48.5 Å². The van der Waals surface area contributed by atoms with Crippen LogP contribution in [0.5, 0.6) is 11.5 Å². The third-order valence-corrected chi connectivity index (χ3v) is 2.40. The molecule has 5 nitrogen and oxygen atoms in total. The van der Waals surface area contributed by atoms with Crippen LogP contribution >= 0.6 is 0 Å². The summed E-state index contributed by atoms with van der Waals surface area (Å²) < 4.78 is 5.43. The zero-order valence-electron chi connectivity index (χ0n) is 9.74. The van der Waals surface area contributed by atoms with Gasteiger partial charge in [0.25, 0.3) is 0 Å². The van der Waals surface area contributed by atoms with Crippen molar-refractivity contribution in [2.75, 3.05) is 0 Å². The van der Waals surface area contributed by atoms with Crippen molar-refractivity contribution in [1.29, 1.82) is 0 Å². The first-order valence-electron chi connectivity index (χ1n) is 5.41. The van der Waals surface area contributed by atoms with Gasteiger partial charge in [-0.2, -0.15) is 0 Å². The predicted octanol–water partition coefficient (Wildman–Crippen LogP) is 2.88. The van der Waals surface area contributed by atoms with E-state index in [0.29, 0.717) is 11.5 Å². The van der Waals surface area contributed by atoms with E-state index in [9.17, 15) is 9.59 Å². The Kier molecular flexibility index (Phi) is 3.47. The van der Waals surface area contributed by atoms with Gasteiger partial charge < -0.3 is 14.9 Å². The number of carboxylic acid groups (broad SMARTS) is 2. The third-order valence-electron chi connectivity index (χ3n) is 2.40. The minimum Gasteiger partial charge on any atom is -0.478 e. The van der Waals surface area contributed by atoms with Crippen LogP contribution in [0.25, 0.3) is 0 Å². The van der Waals surface area contributed by atoms with Gasteiger partial charge in [-0.15, -0.1) is 0 Å². The van der Waals surface area contributed by atoms with Crippen molar-refractivity contribution in [3.8, 4) is 11.5 Å². The molecule has 0 aliphatic heterocycles. The molecule has 5 heteroatoms.